The van der Waals surface area contributed by atoms with Gasteiger partial charge in [0.05, 0.1) is 13.7 Å². The van der Waals surface area contributed by atoms with Gasteiger partial charge in [-0.15, -0.1) is 0 Å². The summed E-state index contributed by atoms with van der Waals surface area (Å²) in [4.78, 5) is 0. The second-order valence-corrected chi connectivity index (χ2v) is 4.69. The predicted octanol–water partition coefficient (Wildman–Crippen LogP) is 4.24. The van der Waals surface area contributed by atoms with Crippen LogP contribution in [0.5, 0.6) is 11.5 Å². The summed E-state index contributed by atoms with van der Waals surface area (Å²) < 4.78 is 23.8. The van der Waals surface area contributed by atoms with E-state index < -0.39 is 0 Å². The summed E-state index contributed by atoms with van der Waals surface area (Å²) in [5.41, 5.74) is 1.95. The van der Waals surface area contributed by atoms with Crippen molar-refractivity contribution in [1.82, 2.24) is 0 Å². The van der Waals surface area contributed by atoms with Crippen LogP contribution in [0.2, 0.25) is 0 Å². The largest absolute Gasteiger partial charge is 0.493 e. The molecule has 0 aliphatic heterocycles. The summed E-state index contributed by atoms with van der Waals surface area (Å²) in [5, 5.41) is 3.24. The van der Waals surface area contributed by atoms with Crippen LogP contribution < -0.4 is 14.8 Å². The summed E-state index contributed by atoms with van der Waals surface area (Å²) in [5.74, 6) is 1.24. The van der Waals surface area contributed by atoms with E-state index in [0.717, 1.165) is 29.2 Å². The lowest BCUT2D eigenvalue weighted by Gasteiger charge is -2.12. The van der Waals surface area contributed by atoms with Gasteiger partial charge < -0.3 is 14.8 Å². The highest BCUT2D eigenvalue weighted by Gasteiger charge is 2.05. The van der Waals surface area contributed by atoms with Crippen molar-refractivity contribution in [2.24, 2.45) is 0 Å². The van der Waals surface area contributed by atoms with Crippen molar-refractivity contribution in [3.05, 3.63) is 53.8 Å². The number of halogens is 1. The molecule has 0 unspecified atom stereocenters. The molecule has 1 N–H and O–H groups in total. The molecule has 0 amide bonds. The molecule has 112 valence electrons. The number of ether oxygens (including phenoxy) is 2. The third-order valence-electron chi connectivity index (χ3n) is 3.03. The summed E-state index contributed by atoms with van der Waals surface area (Å²) >= 11 is 0. The molecule has 0 heterocycles. The van der Waals surface area contributed by atoms with Crippen LogP contribution in [0.25, 0.3) is 0 Å². The third-order valence-corrected chi connectivity index (χ3v) is 3.03. The van der Waals surface area contributed by atoms with E-state index in [0.29, 0.717) is 13.2 Å². The Kier molecular flexibility index (Phi) is 5.43. The average Bonchev–Trinajstić information content (AvgIpc) is 2.52. The minimum absolute atomic E-state index is 0.236. The van der Waals surface area contributed by atoms with Gasteiger partial charge in [0.15, 0.2) is 11.5 Å². The number of anilines is 1. The van der Waals surface area contributed by atoms with Gasteiger partial charge >= 0.3 is 0 Å². The van der Waals surface area contributed by atoms with Crippen LogP contribution in [-0.2, 0) is 6.54 Å². The summed E-state index contributed by atoms with van der Waals surface area (Å²) in [7, 11) is 1.63. The Morgan fingerprint density at radius 2 is 1.81 bits per heavy atom. The number of benzene rings is 2. The molecule has 2 rings (SSSR count). The molecule has 0 radical (unpaired) electrons. The molecule has 2 aromatic carbocycles. The number of hydrogen-bond donors (Lipinski definition) is 1. The van der Waals surface area contributed by atoms with E-state index in [4.69, 9.17) is 9.47 Å². The lowest BCUT2D eigenvalue weighted by molar-refractivity contribution is 0.294. The lowest BCUT2D eigenvalue weighted by Crippen LogP contribution is -2.02. The van der Waals surface area contributed by atoms with Gasteiger partial charge in [0.2, 0.25) is 0 Å². The fourth-order valence-electron chi connectivity index (χ4n) is 1.93. The second-order valence-electron chi connectivity index (χ2n) is 4.69. The van der Waals surface area contributed by atoms with Crippen molar-refractivity contribution >= 4 is 5.69 Å². The molecule has 0 aliphatic rings. The van der Waals surface area contributed by atoms with Crippen molar-refractivity contribution in [3.63, 3.8) is 0 Å². The maximum Gasteiger partial charge on any atom is 0.161 e. The van der Waals surface area contributed by atoms with Gasteiger partial charge in [-0.2, -0.15) is 0 Å². The molecule has 4 heteroatoms. The van der Waals surface area contributed by atoms with Gasteiger partial charge in [-0.25, -0.2) is 4.39 Å². The van der Waals surface area contributed by atoms with E-state index >= 15 is 0 Å². The van der Waals surface area contributed by atoms with Crippen LogP contribution in [0, 0.1) is 5.82 Å². The maximum atomic E-state index is 12.8. The Morgan fingerprint density at radius 1 is 1.05 bits per heavy atom. The van der Waals surface area contributed by atoms with Crippen LogP contribution in [0.4, 0.5) is 10.1 Å². The molecule has 0 aromatic heterocycles. The highest BCUT2D eigenvalue weighted by molar-refractivity contribution is 5.46. The average molecular weight is 289 g/mol. The van der Waals surface area contributed by atoms with Crippen molar-refractivity contribution in [2.45, 2.75) is 19.9 Å². The van der Waals surface area contributed by atoms with Gasteiger partial charge in [-0.05, 0) is 48.4 Å². The van der Waals surface area contributed by atoms with Crippen molar-refractivity contribution in [3.8, 4) is 11.5 Å². The second kappa shape index (κ2) is 7.53. The number of nitrogens with one attached hydrogen (secondary N) is 1. The van der Waals surface area contributed by atoms with Crippen molar-refractivity contribution < 1.29 is 13.9 Å². The first kappa shape index (κ1) is 15.2. The van der Waals surface area contributed by atoms with Crippen LogP contribution >= 0.6 is 0 Å². The standard InChI is InChI=1S/C17H20FNO2/c1-3-10-21-16-9-4-13(11-17(16)20-2)12-19-15-7-5-14(18)6-8-15/h4-9,11,19H,3,10,12H2,1-2H3. The van der Waals surface area contributed by atoms with Crippen LogP contribution in [0.1, 0.15) is 18.9 Å². The zero-order valence-electron chi connectivity index (χ0n) is 12.4. The highest BCUT2D eigenvalue weighted by Crippen LogP contribution is 2.28. The first-order valence-electron chi connectivity index (χ1n) is 7.02. The topological polar surface area (TPSA) is 30.5 Å². The van der Waals surface area contributed by atoms with Crippen molar-refractivity contribution in [2.75, 3.05) is 19.0 Å². The predicted molar refractivity (Wildman–Crippen MR) is 82.5 cm³/mol. The summed E-state index contributed by atoms with van der Waals surface area (Å²) in [6.07, 6.45) is 0.955. The van der Waals surface area contributed by atoms with E-state index in [1.807, 2.05) is 18.2 Å². The highest BCUT2D eigenvalue weighted by atomic mass is 19.1. The SMILES string of the molecule is CCCOc1ccc(CNc2ccc(F)cc2)cc1OC. The molecule has 0 bridgehead atoms. The molecule has 0 saturated heterocycles. The van der Waals surface area contributed by atoms with Crippen molar-refractivity contribution in [1.29, 1.82) is 0 Å². The number of hydrogen-bond acceptors (Lipinski definition) is 3. The third kappa shape index (κ3) is 4.38. The molecular weight excluding hydrogens is 269 g/mol. The molecule has 0 aliphatic carbocycles. The van der Waals surface area contributed by atoms with E-state index in [2.05, 4.69) is 12.2 Å². The van der Waals surface area contributed by atoms with Gasteiger partial charge in [0, 0.05) is 12.2 Å². The Hall–Kier alpha value is -2.23. The molecule has 21 heavy (non-hydrogen) atoms. The van der Waals surface area contributed by atoms with Crippen LogP contribution in [0.3, 0.4) is 0 Å². The molecule has 3 nitrogen and oxygen atoms in total. The smallest absolute Gasteiger partial charge is 0.161 e. The monoisotopic (exact) mass is 289 g/mol. The minimum Gasteiger partial charge on any atom is -0.493 e. The first-order chi connectivity index (χ1) is 10.2. The van der Waals surface area contributed by atoms with E-state index in [9.17, 15) is 4.39 Å². The zero-order valence-corrected chi connectivity index (χ0v) is 12.4. The molecule has 0 saturated carbocycles. The molecule has 2 aromatic rings. The zero-order chi connectivity index (χ0) is 15.1. The van der Waals surface area contributed by atoms with Gasteiger partial charge in [-0.1, -0.05) is 13.0 Å². The number of methoxy groups -OCH3 is 1. The van der Waals surface area contributed by atoms with Crippen LogP contribution in [0.15, 0.2) is 42.5 Å². The lowest BCUT2D eigenvalue weighted by atomic mass is 10.2. The molecular formula is C17H20FNO2. The normalized spacial score (nSPS) is 10.2. The van der Waals surface area contributed by atoms with E-state index in [1.54, 1.807) is 19.2 Å². The van der Waals surface area contributed by atoms with E-state index in [-0.39, 0.29) is 5.82 Å². The quantitative estimate of drug-likeness (QED) is 0.827. The fourth-order valence-corrected chi connectivity index (χ4v) is 1.93. The Bertz CT molecular complexity index is 570. The summed E-state index contributed by atoms with van der Waals surface area (Å²) in [6.45, 7) is 3.37. The maximum absolute atomic E-state index is 12.8. The van der Waals surface area contributed by atoms with Gasteiger partial charge in [-0.3, -0.25) is 0 Å². The minimum atomic E-state index is -0.236. The van der Waals surface area contributed by atoms with Gasteiger partial charge in [0.1, 0.15) is 5.82 Å². The van der Waals surface area contributed by atoms with E-state index in [1.165, 1.54) is 12.1 Å². The fraction of sp³-hybridized carbons (Fsp3) is 0.294. The summed E-state index contributed by atoms with van der Waals surface area (Å²) in [6, 6.07) is 12.1. The first-order valence-corrected chi connectivity index (χ1v) is 7.02. The van der Waals surface area contributed by atoms with Crippen LogP contribution in [-0.4, -0.2) is 13.7 Å². The molecule has 0 fully saturated rings. The Morgan fingerprint density at radius 3 is 2.48 bits per heavy atom. The molecule has 0 atom stereocenters. The van der Waals surface area contributed by atoms with Gasteiger partial charge in [0.25, 0.3) is 0 Å². The Balaban J connectivity index is 2.01. The number of rotatable bonds is 7. The molecule has 0 spiro atoms. The Labute approximate surface area is 124 Å².